The fourth-order valence-corrected chi connectivity index (χ4v) is 3.19. The molecule has 1 N–H and O–H groups in total. The first-order valence-corrected chi connectivity index (χ1v) is 8.60. The lowest BCUT2D eigenvalue weighted by Gasteiger charge is -2.18. The van der Waals surface area contributed by atoms with E-state index < -0.39 is 0 Å². The number of nitrogens with zero attached hydrogens (tertiary/aromatic N) is 4. The Bertz CT molecular complexity index is 958. The van der Waals surface area contributed by atoms with Crippen molar-refractivity contribution >= 4 is 22.4 Å². The largest absolute Gasteiger partial charge is 0.380 e. The summed E-state index contributed by atoms with van der Waals surface area (Å²) in [5.41, 5.74) is 4.05. The number of carbonyl (C=O) groups is 1. The van der Waals surface area contributed by atoms with E-state index in [0.717, 1.165) is 27.7 Å². The number of anilines is 1. The molecule has 0 amide bonds. The van der Waals surface area contributed by atoms with E-state index in [-0.39, 0.29) is 5.78 Å². The van der Waals surface area contributed by atoms with Crippen molar-refractivity contribution in [3.8, 4) is 11.1 Å². The predicted octanol–water partition coefficient (Wildman–Crippen LogP) is 3.44. The van der Waals surface area contributed by atoms with E-state index >= 15 is 0 Å². The molecule has 6 heteroatoms. The number of benzene rings is 1. The Hall–Kier alpha value is -2.76. The topological polar surface area (TPSA) is 72.7 Å². The summed E-state index contributed by atoms with van der Waals surface area (Å²) in [5, 5.41) is 17.2. The van der Waals surface area contributed by atoms with E-state index in [1.54, 1.807) is 4.68 Å². The molecule has 25 heavy (non-hydrogen) atoms. The Kier molecular flexibility index (Phi) is 3.75. The summed E-state index contributed by atoms with van der Waals surface area (Å²) < 4.78 is 1.77. The molecule has 4 rings (SSSR count). The highest BCUT2D eigenvalue weighted by Gasteiger charge is 2.29. The molecule has 0 aliphatic heterocycles. The molecule has 2 aromatic heterocycles. The van der Waals surface area contributed by atoms with Crippen LogP contribution in [0.1, 0.15) is 37.2 Å². The highest BCUT2D eigenvalue weighted by atomic mass is 16.1. The maximum Gasteiger partial charge on any atom is 0.182 e. The molecule has 0 spiro atoms. The summed E-state index contributed by atoms with van der Waals surface area (Å²) in [6, 6.07) is 6.37. The Morgan fingerprint density at radius 1 is 1.28 bits per heavy atom. The first-order chi connectivity index (χ1) is 12.0. The minimum Gasteiger partial charge on any atom is -0.380 e. The summed E-state index contributed by atoms with van der Waals surface area (Å²) in [6.07, 6.45) is 6.27. The SMILES string of the molecule is CC(=O)c1nnc2cc(-c3cnn(C)c3)ccc2c1N[C@H](C)C1CC1. The molecule has 1 aromatic carbocycles. The van der Waals surface area contributed by atoms with Gasteiger partial charge in [0.15, 0.2) is 11.5 Å². The van der Waals surface area contributed by atoms with Crippen molar-refractivity contribution in [3.63, 3.8) is 0 Å². The third kappa shape index (κ3) is 2.99. The van der Waals surface area contributed by atoms with Gasteiger partial charge in [0, 0.05) is 37.2 Å². The number of fused-ring (bicyclic) bond motifs is 1. The van der Waals surface area contributed by atoms with Crippen LogP contribution in [0.5, 0.6) is 0 Å². The van der Waals surface area contributed by atoms with Gasteiger partial charge in [-0.1, -0.05) is 6.07 Å². The molecule has 6 nitrogen and oxygen atoms in total. The second kappa shape index (κ2) is 5.95. The van der Waals surface area contributed by atoms with Gasteiger partial charge in [0.05, 0.1) is 17.4 Å². The highest BCUT2D eigenvalue weighted by Crippen LogP contribution is 2.36. The molecule has 3 aromatic rings. The number of Topliss-reactive ketones (excluding diaryl/α,β-unsaturated/α-hetero) is 1. The summed E-state index contributed by atoms with van der Waals surface area (Å²) in [6.45, 7) is 3.70. The van der Waals surface area contributed by atoms with Crippen molar-refractivity contribution in [1.82, 2.24) is 20.0 Å². The van der Waals surface area contributed by atoms with Gasteiger partial charge in [-0.2, -0.15) is 5.10 Å². The third-order valence-electron chi connectivity index (χ3n) is 4.83. The molecule has 128 valence electrons. The number of ketones is 1. The van der Waals surface area contributed by atoms with Crippen LogP contribution in [-0.4, -0.2) is 31.8 Å². The molecular weight excluding hydrogens is 314 g/mol. The minimum atomic E-state index is -0.0729. The molecule has 2 heterocycles. The first-order valence-electron chi connectivity index (χ1n) is 8.60. The van der Waals surface area contributed by atoms with Crippen LogP contribution in [0.2, 0.25) is 0 Å². The fourth-order valence-electron chi connectivity index (χ4n) is 3.19. The molecule has 1 fully saturated rings. The molecule has 1 saturated carbocycles. The molecule has 1 atom stereocenters. The lowest BCUT2D eigenvalue weighted by molar-refractivity contribution is 0.101. The van der Waals surface area contributed by atoms with Crippen LogP contribution in [0.3, 0.4) is 0 Å². The monoisotopic (exact) mass is 335 g/mol. The molecule has 1 aliphatic carbocycles. The number of carbonyl (C=O) groups excluding carboxylic acids is 1. The lowest BCUT2D eigenvalue weighted by Crippen LogP contribution is -2.20. The zero-order valence-corrected chi connectivity index (χ0v) is 14.7. The van der Waals surface area contributed by atoms with Crippen LogP contribution in [0.4, 0.5) is 5.69 Å². The van der Waals surface area contributed by atoms with Gasteiger partial charge in [-0.25, -0.2) is 0 Å². The van der Waals surface area contributed by atoms with E-state index in [2.05, 4.69) is 27.5 Å². The quantitative estimate of drug-likeness (QED) is 0.723. The predicted molar refractivity (Wildman–Crippen MR) is 97.6 cm³/mol. The van der Waals surface area contributed by atoms with Crippen molar-refractivity contribution in [3.05, 3.63) is 36.3 Å². The zero-order chi connectivity index (χ0) is 17.6. The summed E-state index contributed by atoms with van der Waals surface area (Å²) in [5.74, 6) is 0.605. The molecule has 1 aliphatic rings. The van der Waals surface area contributed by atoms with Crippen LogP contribution >= 0.6 is 0 Å². The lowest BCUT2D eigenvalue weighted by atomic mass is 10.0. The standard InChI is InChI=1S/C19H21N5O/c1-11(13-4-5-13)21-19-16-7-6-14(15-9-20-24(3)10-15)8-17(16)22-23-18(19)12(2)25/h6-11,13H,4-5H2,1-3H3,(H,21,22)/t11-/m1/s1. The number of hydrogen-bond acceptors (Lipinski definition) is 5. The maximum atomic E-state index is 12.0. The van der Waals surface area contributed by atoms with Crippen LogP contribution in [-0.2, 0) is 7.05 Å². The van der Waals surface area contributed by atoms with Crippen molar-refractivity contribution in [2.45, 2.75) is 32.7 Å². The van der Waals surface area contributed by atoms with Crippen LogP contribution in [0.25, 0.3) is 22.0 Å². The number of nitrogens with one attached hydrogen (secondary N) is 1. The molecule has 0 bridgehead atoms. The van der Waals surface area contributed by atoms with Gasteiger partial charge in [-0.05, 0) is 43.4 Å². The van der Waals surface area contributed by atoms with E-state index in [9.17, 15) is 4.79 Å². The van der Waals surface area contributed by atoms with Crippen LogP contribution in [0, 0.1) is 5.92 Å². The third-order valence-corrected chi connectivity index (χ3v) is 4.83. The molecule has 0 radical (unpaired) electrons. The average Bonchev–Trinajstić information content (AvgIpc) is 3.36. The molecule has 0 unspecified atom stereocenters. The van der Waals surface area contributed by atoms with E-state index in [4.69, 9.17) is 0 Å². The van der Waals surface area contributed by atoms with Crippen molar-refractivity contribution in [2.75, 3.05) is 5.32 Å². The Balaban J connectivity index is 1.81. The second-order valence-corrected chi connectivity index (χ2v) is 6.88. The van der Waals surface area contributed by atoms with Gasteiger partial charge in [0.1, 0.15) is 0 Å². The van der Waals surface area contributed by atoms with Gasteiger partial charge < -0.3 is 5.32 Å². The number of aryl methyl sites for hydroxylation is 1. The highest BCUT2D eigenvalue weighted by molar-refractivity contribution is 6.06. The van der Waals surface area contributed by atoms with Crippen LogP contribution in [0.15, 0.2) is 30.6 Å². The molecular formula is C19H21N5O. The van der Waals surface area contributed by atoms with Gasteiger partial charge in [-0.3, -0.25) is 9.48 Å². The molecule has 0 saturated heterocycles. The number of hydrogen-bond donors (Lipinski definition) is 1. The first kappa shape index (κ1) is 15.7. The maximum absolute atomic E-state index is 12.0. The number of aromatic nitrogens is 4. The summed E-state index contributed by atoms with van der Waals surface area (Å²) in [7, 11) is 1.89. The van der Waals surface area contributed by atoms with Crippen molar-refractivity contribution in [2.24, 2.45) is 13.0 Å². The van der Waals surface area contributed by atoms with Gasteiger partial charge >= 0.3 is 0 Å². The average molecular weight is 335 g/mol. The summed E-state index contributed by atoms with van der Waals surface area (Å²) in [4.78, 5) is 12.0. The van der Waals surface area contributed by atoms with Crippen molar-refractivity contribution < 1.29 is 4.79 Å². The van der Waals surface area contributed by atoms with E-state index in [1.807, 2.05) is 37.6 Å². The van der Waals surface area contributed by atoms with E-state index in [1.165, 1.54) is 19.8 Å². The second-order valence-electron chi connectivity index (χ2n) is 6.88. The van der Waals surface area contributed by atoms with Gasteiger partial charge in [0.2, 0.25) is 0 Å². The zero-order valence-electron chi connectivity index (χ0n) is 14.7. The minimum absolute atomic E-state index is 0.0729. The normalized spacial score (nSPS) is 15.3. The number of rotatable bonds is 5. The van der Waals surface area contributed by atoms with Crippen LogP contribution < -0.4 is 5.32 Å². The summed E-state index contributed by atoms with van der Waals surface area (Å²) >= 11 is 0. The Morgan fingerprint density at radius 3 is 2.72 bits per heavy atom. The smallest absolute Gasteiger partial charge is 0.182 e. The fraction of sp³-hybridized carbons (Fsp3) is 0.368. The van der Waals surface area contributed by atoms with Gasteiger partial charge in [0.25, 0.3) is 0 Å². The van der Waals surface area contributed by atoms with E-state index in [0.29, 0.717) is 17.7 Å². The Labute approximate surface area is 146 Å². The van der Waals surface area contributed by atoms with Gasteiger partial charge in [-0.15, -0.1) is 10.2 Å². The Morgan fingerprint density at radius 2 is 2.08 bits per heavy atom. The van der Waals surface area contributed by atoms with Crippen molar-refractivity contribution in [1.29, 1.82) is 0 Å².